The second kappa shape index (κ2) is 6.63. The largest absolute Gasteiger partial charge is 0.457 e. The molecule has 0 aromatic heterocycles. The molecule has 21 heavy (non-hydrogen) atoms. The molecular formula is C17H16BrClO2. The Balaban J connectivity index is 2.37. The summed E-state index contributed by atoms with van der Waals surface area (Å²) in [6, 6.07) is 9.18. The molecule has 0 radical (unpaired) electrons. The van der Waals surface area contributed by atoms with Gasteiger partial charge >= 0.3 is 0 Å². The maximum absolute atomic E-state index is 10.8. The zero-order valence-corrected chi connectivity index (χ0v) is 14.5. The van der Waals surface area contributed by atoms with Crippen LogP contribution in [0.4, 0.5) is 0 Å². The highest BCUT2D eigenvalue weighted by atomic mass is 79.9. The number of benzene rings is 2. The summed E-state index contributed by atoms with van der Waals surface area (Å²) in [6.45, 7) is 6.14. The number of carbonyl (C=O) groups excluding carboxylic acids is 1. The van der Waals surface area contributed by atoms with E-state index in [0.717, 1.165) is 28.2 Å². The van der Waals surface area contributed by atoms with E-state index in [4.69, 9.17) is 16.3 Å². The summed E-state index contributed by atoms with van der Waals surface area (Å²) < 4.78 is 6.64. The summed E-state index contributed by atoms with van der Waals surface area (Å²) in [7, 11) is 0. The third-order valence-electron chi connectivity index (χ3n) is 3.24. The van der Waals surface area contributed by atoms with E-state index < -0.39 is 0 Å². The van der Waals surface area contributed by atoms with E-state index in [1.54, 1.807) is 18.2 Å². The van der Waals surface area contributed by atoms with E-state index in [0.29, 0.717) is 21.7 Å². The van der Waals surface area contributed by atoms with Crippen LogP contribution in [0.25, 0.3) is 0 Å². The van der Waals surface area contributed by atoms with Gasteiger partial charge in [0.25, 0.3) is 0 Å². The molecule has 0 aliphatic carbocycles. The van der Waals surface area contributed by atoms with Crippen molar-refractivity contribution in [2.24, 2.45) is 0 Å². The van der Waals surface area contributed by atoms with Gasteiger partial charge in [-0.1, -0.05) is 25.4 Å². The van der Waals surface area contributed by atoms with E-state index in [1.165, 1.54) is 0 Å². The summed E-state index contributed by atoms with van der Waals surface area (Å²) in [5.41, 5.74) is 2.62. The average molecular weight is 368 g/mol. The molecule has 2 aromatic carbocycles. The fourth-order valence-corrected chi connectivity index (χ4v) is 2.90. The molecule has 0 amide bonds. The first-order valence-electron chi connectivity index (χ1n) is 6.65. The van der Waals surface area contributed by atoms with Gasteiger partial charge in [0.15, 0.2) is 6.29 Å². The number of ether oxygens (including phenoxy) is 1. The second-order valence-corrected chi connectivity index (χ2v) is 6.46. The normalized spacial score (nSPS) is 10.8. The number of aldehydes is 1. The van der Waals surface area contributed by atoms with Gasteiger partial charge < -0.3 is 4.74 Å². The third-order valence-corrected chi connectivity index (χ3v) is 4.26. The predicted octanol–water partition coefficient (Wildman–Crippen LogP) is 6.14. The number of aryl methyl sites for hydroxylation is 1. The van der Waals surface area contributed by atoms with Crippen LogP contribution in [0, 0.1) is 6.92 Å². The van der Waals surface area contributed by atoms with E-state index in [2.05, 4.69) is 29.8 Å². The van der Waals surface area contributed by atoms with Crippen LogP contribution in [0.3, 0.4) is 0 Å². The number of hydrogen-bond donors (Lipinski definition) is 0. The quantitative estimate of drug-likeness (QED) is 0.607. The summed E-state index contributed by atoms with van der Waals surface area (Å²) in [5, 5.41) is 0.757. The van der Waals surface area contributed by atoms with Crippen LogP contribution in [0.2, 0.25) is 5.02 Å². The average Bonchev–Trinajstić information content (AvgIpc) is 2.41. The van der Waals surface area contributed by atoms with Crippen LogP contribution in [0.1, 0.15) is 41.3 Å². The molecule has 0 bridgehead atoms. The third kappa shape index (κ3) is 3.66. The standard InChI is InChI=1S/C17H16BrClO2/c1-10(2)14-8-17(11(3)6-16(14)19)21-13-5-4-12(9-20)15(18)7-13/h4-10H,1-3H3. The van der Waals surface area contributed by atoms with Crippen molar-refractivity contribution in [1.82, 2.24) is 0 Å². The van der Waals surface area contributed by atoms with E-state index in [-0.39, 0.29) is 0 Å². The molecule has 0 saturated carbocycles. The Kier molecular flexibility index (Phi) is 5.07. The molecule has 0 fully saturated rings. The topological polar surface area (TPSA) is 26.3 Å². The highest BCUT2D eigenvalue weighted by molar-refractivity contribution is 9.10. The van der Waals surface area contributed by atoms with E-state index in [9.17, 15) is 4.79 Å². The van der Waals surface area contributed by atoms with Crippen molar-refractivity contribution < 1.29 is 9.53 Å². The van der Waals surface area contributed by atoms with Gasteiger partial charge in [0.2, 0.25) is 0 Å². The maximum Gasteiger partial charge on any atom is 0.151 e. The Morgan fingerprint density at radius 1 is 1.24 bits per heavy atom. The Labute approximate surface area is 138 Å². The molecule has 110 valence electrons. The molecule has 2 rings (SSSR count). The first kappa shape index (κ1) is 16.1. The van der Waals surface area contributed by atoms with Gasteiger partial charge in [-0.2, -0.15) is 0 Å². The first-order valence-corrected chi connectivity index (χ1v) is 7.82. The predicted molar refractivity (Wildman–Crippen MR) is 89.9 cm³/mol. The molecule has 0 N–H and O–H groups in total. The highest BCUT2D eigenvalue weighted by Gasteiger charge is 2.11. The molecule has 2 nitrogen and oxygen atoms in total. The second-order valence-electron chi connectivity index (χ2n) is 5.20. The van der Waals surface area contributed by atoms with Gasteiger partial charge in [0.05, 0.1) is 0 Å². The van der Waals surface area contributed by atoms with Crippen molar-refractivity contribution in [2.45, 2.75) is 26.7 Å². The molecule has 4 heteroatoms. The molecule has 2 aromatic rings. The smallest absolute Gasteiger partial charge is 0.151 e. The van der Waals surface area contributed by atoms with Crippen molar-refractivity contribution in [1.29, 1.82) is 0 Å². The van der Waals surface area contributed by atoms with Crippen LogP contribution in [0.5, 0.6) is 11.5 Å². The Morgan fingerprint density at radius 2 is 1.95 bits per heavy atom. The Bertz CT molecular complexity index is 681. The minimum atomic E-state index is 0.324. The first-order chi connectivity index (χ1) is 9.92. The molecule has 0 aliphatic rings. The lowest BCUT2D eigenvalue weighted by Crippen LogP contribution is -1.94. The molecule has 0 atom stereocenters. The van der Waals surface area contributed by atoms with E-state index >= 15 is 0 Å². The maximum atomic E-state index is 10.8. The molecule has 0 unspecified atom stereocenters. The minimum absolute atomic E-state index is 0.324. The van der Waals surface area contributed by atoms with Crippen LogP contribution in [-0.2, 0) is 0 Å². The zero-order valence-electron chi connectivity index (χ0n) is 12.1. The monoisotopic (exact) mass is 366 g/mol. The molecule has 0 aliphatic heterocycles. The van der Waals surface area contributed by atoms with Crippen molar-refractivity contribution in [3.63, 3.8) is 0 Å². The summed E-state index contributed by atoms with van der Waals surface area (Å²) >= 11 is 9.62. The lowest BCUT2D eigenvalue weighted by atomic mass is 10.0. The molecule has 0 heterocycles. The summed E-state index contributed by atoms with van der Waals surface area (Å²) in [4.78, 5) is 10.8. The Morgan fingerprint density at radius 3 is 2.52 bits per heavy atom. The van der Waals surface area contributed by atoms with Crippen molar-refractivity contribution in [3.8, 4) is 11.5 Å². The van der Waals surface area contributed by atoms with Crippen molar-refractivity contribution >= 4 is 33.8 Å². The number of rotatable bonds is 4. The Hall–Kier alpha value is -1.32. The fraction of sp³-hybridized carbons (Fsp3) is 0.235. The highest BCUT2D eigenvalue weighted by Crippen LogP contribution is 2.34. The SMILES string of the molecule is Cc1cc(Cl)c(C(C)C)cc1Oc1ccc(C=O)c(Br)c1. The van der Waals surface area contributed by atoms with Gasteiger partial charge in [-0.05, 0) is 70.2 Å². The lowest BCUT2D eigenvalue weighted by molar-refractivity contribution is 0.112. The van der Waals surface area contributed by atoms with Gasteiger partial charge in [0.1, 0.15) is 11.5 Å². The number of carbonyl (C=O) groups is 1. The summed E-state index contributed by atoms with van der Waals surface area (Å²) in [6.07, 6.45) is 0.804. The molecule has 0 spiro atoms. The molecule has 0 saturated heterocycles. The van der Waals surface area contributed by atoms with E-state index in [1.807, 2.05) is 19.1 Å². The number of hydrogen-bond acceptors (Lipinski definition) is 2. The van der Waals surface area contributed by atoms with Gasteiger partial charge in [-0.15, -0.1) is 0 Å². The van der Waals surface area contributed by atoms with Crippen LogP contribution < -0.4 is 4.74 Å². The van der Waals surface area contributed by atoms with Crippen LogP contribution >= 0.6 is 27.5 Å². The summed E-state index contributed by atoms with van der Waals surface area (Å²) in [5.74, 6) is 1.77. The molecular weight excluding hydrogens is 352 g/mol. The van der Waals surface area contributed by atoms with Crippen LogP contribution in [-0.4, -0.2) is 6.29 Å². The van der Waals surface area contributed by atoms with Gasteiger partial charge in [-0.3, -0.25) is 4.79 Å². The van der Waals surface area contributed by atoms with Gasteiger partial charge in [-0.25, -0.2) is 0 Å². The minimum Gasteiger partial charge on any atom is -0.457 e. The fourth-order valence-electron chi connectivity index (χ4n) is 2.01. The van der Waals surface area contributed by atoms with Crippen LogP contribution in [0.15, 0.2) is 34.8 Å². The van der Waals surface area contributed by atoms with Crippen molar-refractivity contribution in [2.75, 3.05) is 0 Å². The number of halogens is 2. The van der Waals surface area contributed by atoms with Gasteiger partial charge in [0, 0.05) is 15.1 Å². The van der Waals surface area contributed by atoms with Crippen molar-refractivity contribution in [3.05, 3.63) is 56.5 Å². The lowest BCUT2D eigenvalue weighted by Gasteiger charge is -2.15. The zero-order chi connectivity index (χ0) is 15.6.